The Balaban J connectivity index is 0.999. The number of esters is 2. The van der Waals surface area contributed by atoms with Crippen LogP contribution in [-0.4, -0.2) is 189 Å². The molecule has 20 nitrogen and oxygen atoms in total. The normalized spacial score (nSPS) is 53.9. The van der Waals surface area contributed by atoms with Crippen molar-refractivity contribution < 1.29 is 97.8 Å². The zero-order valence-electron chi connectivity index (χ0n) is 40.7. The molecule has 0 aromatic heterocycles. The highest BCUT2D eigenvalue weighted by atomic mass is 16.8. The van der Waals surface area contributed by atoms with Crippen LogP contribution in [0.15, 0.2) is 11.6 Å². The number of aliphatic hydroxyl groups is 8. The van der Waals surface area contributed by atoms with Crippen molar-refractivity contribution in [2.75, 3.05) is 19.8 Å². The van der Waals surface area contributed by atoms with E-state index in [9.17, 15) is 50.4 Å². The van der Waals surface area contributed by atoms with Gasteiger partial charge in [0.05, 0.1) is 37.6 Å². The van der Waals surface area contributed by atoms with Crippen molar-refractivity contribution in [3.05, 3.63) is 11.6 Å². The molecule has 1 spiro atoms. The monoisotopic (exact) mass is 984 g/mol. The third-order valence-electron chi connectivity index (χ3n) is 18.3. The minimum atomic E-state index is -1.90. The van der Waals surface area contributed by atoms with Crippen LogP contribution in [0.5, 0.6) is 0 Å². The van der Waals surface area contributed by atoms with Crippen molar-refractivity contribution in [2.24, 2.45) is 46.3 Å². The standard InChI is InChI=1S/C49H76O20/c1-20-10-13-49(61-18-20)21(2)34-30(69-49)16-29-27-9-8-25-14-26(53)15-33(48(25,7)28(27)11-12-47(29,34)6)66-46-43(39(58)41(63-24(5)52)32(65-46)19-60-23(4)51)68-45-40(59)42(35(54)22(3)62-45)67-44-38(57)37(56)36(55)31(17-50)64-44/h8,20-22,26-46,50,53-59H,9-19H2,1-7H3. The van der Waals surface area contributed by atoms with Gasteiger partial charge in [-0.3, -0.25) is 9.59 Å². The first-order chi connectivity index (χ1) is 32.6. The van der Waals surface area contributed by atoms with Gasteiger partial charge in [-0.1, -0.05) is 39.3 Å². The fraction of sp³-hybridized carbons (Fsp3) is 0.918. The molecule has 8 N–H and O–H groups in total. The molecule has 9 rings (SSSR count). The average Bonchev–Trinajstić information content (AvgIpc) is 3.75. The molecule has 3 saturated carbocycles. The second kappa shape index (κ2) is 19.7. The Morgan fingerprint density at radius 1 is 0.739 bits per heavy atom. The van der Waals surface area contributed by atoms with Gasteiger partial charge in [0.2, 0.25) is 0 Å². The summed E-state index contributed by atoms with van der Waals surface area (Å²) in [4.78, 5) is 24.7. The number of fused-ring (bicyclic) bond motifs is 7. The summed E-state index contributed by atoms with van der Waals surface area (Å²) in [6.45, 7) is 12.4. The van der Waals surface area contributed by atoms with Crippen LogP contribution >= 0.6 is 0 Å². The second-order valence-electron chi connectivity index (χ2n) is 22.4. The van der Waals surface area contributed by atoms with Gasteiger partial charge >= 0.3 is 11.9 Å². The first kappa shape index (κ1) is 51.9. The van der Waals surface area contributed by atoms with E-state index >= 15 is 0 Å². The fourth-order valence-electron chi connectivity index (χ4n) is 14.6. The number of hydrogen-bond acceptors (Lipinski definition) is 20. The summed E-state index contributed by atoms with van der Waals surface area (Å²) in [6, 6.07) is 0. The van der Waals surface area contributed by atoms with E-state index in [0.717, 1.165) is 51.0 Å². The van der Waals surface area contributed by atoms with Crippen molar-refractivity contribution >= 4 is 11.9 Å². The molecule has 9 aliphatic rings. The molecule has 0 aromatic carbocycles. The zero-order valence-corrected chi connectivity index (χ0v) is 40.7. The van der Waals surface area contributed by atoms with Gasteiger partial charge in [-0.15, -0.1) is 0 Å². The maximum atomic E-state index is 12.6. The molecule has 5 aliphatic heterocycles. The number of rotatable bonds is 10. The van der Waals surface area contributed by atoms with E-state index in [0.29, 0.717) is 30.8 Å². The lowest BCUT2D eigenvalue weighted by Gasteiger charge is -2.60. The van der Waals surface area contributed by atoms with Gasteiger partial charge in [0.15, 0.2) is 30.8 Å². The van der Waals surface area contributed by atoms with Crippen LogP contribution in [0.4, 0.5) is 0 Å². The first-order valence-electron chi connectivity index (χ1n) is 25.2. The molecule has 0 aromatic rings. The fourth-order valence-corrected chi connectivity index (χ4v) is 14.6. The van der Waals surface area contributed by atoms with Gasteiger partial charge in [0, 0.05) is 38.0 Å². The molecule has 27 atom stereocenters. The van der Waals surface area contributed by atoms with E-state index in [1.807, 2.05) is 0 Å². The number of allylic oxidation sites excluding steroid dienone is 1. The van der Waals surface area contributed by atoms with Crippen molar-refractivity contribution in [1.29, 1.82) is 0 Å². The molecule has 0 amide bonds. The molecule has 5 heterocycles. The van der Waals surface area contributed by atoms with Crippen LogP contribution in [0, 0.1) is 46.3 Å². The summed E-state index contributed by atoms with van der Waals surface area (Å²) in [5.41, 5.74) is 0.431. The minimum absolute atomic E-state index is 0.00845. The van der Waals surface area contributed by atoms with Crippen molar-refractivity contribution in [2.45, 2.75) is 216 Å². The number of carbonyl (C=O) groups is 2. The van der Waals surface area contributed by atoms with Gasteiger partial charge in [-0.2, -0.15) is 0 Å². The lowest BCUT2D eigenvalue weighted by molar-refractivity contribution is -0.388. The smallest absolute Gasteiger partial charge is 0.303 e. The van der Waals surface area contributed by atoms with Crippen molar-refractivity contribution in [3.63, 3.8) is 0 Å². The van der Waals surface area contributed by atoms with E-state index in [4.69, 9.17) is 47.4 Å². The van der Waals surface area contributed by atoms with Crippen LogP contribution in [0.2, 0.25) is 0 Å². The summed E-state index contributed by atoms with van der Waals surface area (Å²) in [5, 5.41) is 88.2. The number of ether oxygens (including phenoxy) is 10. The summed E-state index contributed by atoms with van der Waals surface area (Å²) in [5.74, 6) is -0.198. The SMILES string of the molecule is CC(=O)OCC1OC(OC2CC(O)CC3=CCC4C5CC6OC7(CCC(C)CO7)C(C)C6C5(C)CCC4C32C)C(OC2OC(C)C(O)C(OC3OC(CO)C(O)C(O)C3O)C2O)C(O)C1OC(C)=O. The second-order valence-corrected chi connectivity index (χ2v) is 22.4. The predicted molar refractivity (Wildman–Crippen MR) is 235 cm³/mol. The predicted octanol–water partition coefficient (Wildman–Crippen LogP) is 0.327. The molecular weight excluding hydrogens is 909 g/mol. The maximum absolute atomic E-state index is 12.6. The van der Waals surface area contributed by atoms with Crippen molar-refractivity contribution in [3.8, 4) is 0 Å². The Kier molecular flexibility index (Phi) is 14.8. The van der Waals surface area contributed by atoms with Crippen LogP contribution < -0.4 is 0 Å². The quantitative estimate of drug-likeness (QED) is 0.108. The molecule has 27 unspecified atom stereocenters. The van der Waals surface area contributed by atoms with Crippen LogP contribution in [0.3, 0.4) is 0 Å². The highest BCUT2D eigenvalue weighted by molar-refractivity contribution is 5.66. The molecule has 0 bridgehead atoms. The average molecular weight is 985 g/mol. The lowest BCUT2D eigenvalue weighted by atomic mass is 9.46. The Morgan fingerprint density at radius 3 is 2.13 bits per heavy atom. The van der Waals surface area contributed by atoms with Gasteiger partial charge < -0.3 is 88.2 Å². The van der Waals surface area contributed by atoms with Gasteiger partial charge in [-0.05, 0) is 80.5 Å². The minimum Gasteiger partial charge on any atom is -0.463 e. The largest absolute Gasteiger partial charge is 0.463 e. The van der Waals surface area contributed by atoms with E-state index in [1.165, 1.54) is 13.8 Å². The Hall–Kier alpha value is -1.96. The molecule has 8 fully saturated rings. The number of aliphatic hydroxyl groups excluding tert-OH is 8. The molecule has 0 radical (unpaired) electrons. The molecule has 20 heteroatoms. The van der Waals surface area contributed by atoms with Gasteiger partial charge in [0.1, 0.15) is 67.6 Å². The molecule has 69 heavy (non-hydrogen) atoms. The topological polar surface area (TPSA) is 288 Å². The number of carbonyl (C=O) groups excluding carboxylic acids is 2. The summed E-state index contributed by atoms with van der Waals surface area (Å²) in [7, 11) is 0. The Bertz CT molecular complexity index is 1880. The van der Waals surface area contributed by atoms with Crippen LogP contribution in [-0.2, 0) is 57.0 Å². The van der Waals surface area contributed by atoms with Crippen LogP contribution in [0.25, 0.3) is 0 Å². The molecular formula is C49H76O20. The van der Waals surface area contributed by atoms with Crippen LogP contribution in [0.1, 0.15) is 99.8 Å². The van der Waals surface area contributed by atoms with E-state index in [1.54, 1.807) is 0 Å². The summed E-state index contributed by atoms with van der Waals surface area (Å²) >= 11 is 0. The van der Waals surface area contributed by atoms with E-state index in [-0.39, 0.29) is 35.7 Å². The summed E-state index contributed by atoms with van der Waals surface area (Å²) in [6.07, 6.45) is -17.1. The van der Waals surface area contributed by atoms with Crippen molar-refractivity contribution in [1.82, 2.24) is 0 Å². The first-order valence-corrected chi connectivity index (χ1v) is 25.2. The number of hydrogen-bond donors (Lipinski definition) is 8. The summed E-state index contributed by atoms with van der Waals surface area (Å²) < 4.78 is 61.9. The highest BCUT2D eigenvalue weighted by Gasteiger charge is 2.70. The van der Waals surface area contributed by atoms with Gasteiger partial charge in [-0.25, -0.2) is 0 Å². The third-order valence-corrected chi connectivity index (χ3v) is 18.3. The Morgan fingerprint density at radius 2 is 1.45 bits per heavy atom. The lowest BCUT2D eigenvalue weighted by Crippen LogP contribution is -2.67. The maximum Gasteiger partial charge on any atom is 0.303 e. The molecule has 4 aliphatic carbocycles. The third kappa shape index (κ3) is 9.05. The van der Waals surface area contributed by atoms with E-state index in [2.05, 4.69) is 33.8 Å². The zero-order chi connectivity index (χ0) is 49.6. The molecule has 392 valence electrons. The van der Waals surface area contributed by atoms with E-state index < -0.39 is 141 Å². The Labute approximate surface area is 402 Å². The highest BCUT2D eigenvalue weighted by Crippen LogP contribution is 2.71. The molecule has 5 saturated heterocycles. The van der Waals surface area contributed by atoms with Gasteiger partial charge in [0.25, 0.3) is 0 Å².